The molecule has 24 heavy (non-hydrogen) atoms. The van der Waals surface area contributed by atoms with Crippen LogP contribution in [0.3, 0.4) is 0 Å². The lowest BCUT2D eigenvalue weighted by Crippen LogP contribution is -2.11. The number of carbonyl (C=O) groups is 1. The van der Waals surface area contributed by atoms with Gasteiger partial charge in [0, 0.05) is 35.2 Å². The number of amides is 1. The number of rotatable bonds is 4. The third kappa shape index (κ3) is 2.81. The minimum atomic E-state index is -0.132. The van der Waals surface area contributed by atoms with Crippen molar-refractivity contribution in [3.63, 3.8) is 0 Å². The van der Waals surface area contributed by atoms with Crippen molar-refractivity contribution < 1.29 is 4.79 Å². The fourth-order valence-electron chi connectivity index (χ4n) is 2.79. The average Bonchev–Trinajstić information content (AvgIpc) is 3.24. The van der Waals surface area contributed by atoms with E-state index in [4.69, 9.17) is 0 Å². The van der Waals surface area contributed by atoms with Crippen LogP contribution in [0, 0.1) is 0 Å². The van der Waals surface area contributed by atoms with Gasteiger partial charge in [0.1, 0.15) is 0 Å². The molecule has 0 spiro atoms. The molecule has 1 N–H and O–H groups in total. The molecule has 0 aliphatic carbocycles. The molecule has 0 aliphatic heterocycles. The molecule has 2 aromatic carbocycles. The molecule has 0 aliphatic rings. The first-order valence-electron chi connectivity index (χ1n) is 7.64. The van der Waals surface area contributed by atoms with Crippen LogP contribution in [0.25, 0.3) is 10.9 Å². The molecular formula is C19H15N3OS. The Morgan fingerprint density at radius 2 is 1.88 bits per heavy atom. The number of para-hydroxylation sites is 1. The summed E-state index contributed by atoms with van der Waals surface area (Å²) in [6.45, 7) is 0.728. The van der Waals surface area contributed by atoms with Crippen LogP contribution in [0.1, 0.15) is 15.9 Å². The van der Waals surface area contributed by atoms with Gasteiger partial charge in [0.05, 0.1) is 5.56 Å². The zero-order valence-electron chi connectivity index (χ0n) is 12.8. The van der Waals surface area contributed by atoms with Crippen molar-refractivity contribution in [2.24, 2.45) is 0 Å². The van der Waals surface area contributed by atoms with Crippen molar-refractivity contribution in [3.05, 3.63) is 83.5 Å². The SMILES string of the molecule is O=C(Nc1nccs1)c1cn(Cc2ccccc2)c2ccccc12. The molecule has 0 saturated heterocycles. The van der Waals surface area contributed by atoms with Crippen LogP contribution in [0.15, 0.2) is 72.4 Å². The smallest absolute Gasteiger partial charge is 0.259 e. The van der Waals surface area contributed by atoms with Crippen LogP contribution in [0.5, 0.6) is 0 Å². The molecule has 0 atom stereocenters. The van der Waals surface area contributed by atoms with Crippen LogP contribution in [-0.4, -0.2) is 15.5 Å². The molecule has 4 aromatic rings. The maximum Gasteiger partial charge on any atom is 0.259 e. The first kappa shape index (κ1) is 14.7. The van der Waals surface area contributed by atoms with E-state index in [1.807, 2.05) is 54.0 Å². The Balaban J connectivity index is 1.72. The van der Waals surface area contributed by atoms with E-state index in [9.17, 15) is 4.79 Å². The predicted molar refractivity (Wildman–Crippen MR) is 97.5 cm³/mol. The molecule has 118 valence electrons. The highest BCUT2D eigenvalue weighted by Gasteiger charge is 2.15. The number of aromatic nitrogens is 2. The molecule has 0 fully saturated rings. The number of nitrogens with one attached hydrogen (secondary N) is 1. The highest BCUT2D eigenvalue weighted by molar-refractivity contribution is 7.13. The van der Waals surface area contributed by atoms with Crippen molar-refractivity contribution in [3.8, 4) is 0 Å². The Labute approximate surface area is 143 Å². The second kappa shape index (κ2) is 6.29. The Morgan fingerprint density at radius 1 is 1.08 bits per heavy atom. The van der Waals surface area contributed by atoms with E-state index in [2.05, 4.69) is 27.0 Å². The maximum absolute atomic E-state index is 12.6. The van der Waals surface area contributed by atoms with Gasteiger partial charge in [0.25, 0.3) is 5.91 Å². The van der Waals surface area contributed by atoms with E-state index in [-0.39, 0.29) is 5.91 Å². The van der Waals surface area contributed by atoms with E-state index in [0.29, 0.717) is 10.7 Å². The summed E-state index contributed by atoms with van der Waals surface area (Å²) in [6, 6.07) is 18.2. The second-order valence-corrected chi connectivity index (χ2v) is 6.36. The van der Waals surface area contributed by atoms with Gasteiger partial charge in [-0.25, -0.2) is 4.98 Å². The fourth-order valence-corrected chi connectivity index (χ4v) is 3.31. The zero-order chi connectivity index (χ0) is 16.4. The van der Waals surface area contributed by atoms with E-state index in [0.717, 1.165) is 17.4 Å². The molecule has 1 amide bonds. The molecule has 4 rings (SSSR count). The Kier molecular flexibility index (Phi) is 3.84. The summed E-state index contributed by atoms with van der Waals surface area (Å²) in [7, 11) is 0. The third-order valence-corrected chi connectivity index (χ3v) is 4.57. The number of hydrogen-bond donors (Lipinski definition) is 1. The van der Waals surface area contributed by atoms with E-state index < -0.39 is 0 Å². The van der Waals surface area contributed by atoms with Crippen molar-refractivity contribution in [2.75, 3.05) is 5.32 Å². The molecule has 5 heteroatoms. The van der Waals surface area contributed by atoms with Gasteiger partial charge >= 0.3 is 0 Å². The molecule has 4 nitrogen and oxygen atoms in total. The van der Waals surface area contributed by atoms with Crippen molar-refractivity contribution >= 4 is 33.3 Å². The van der Waals surface area contributed by atoms with Crippen LogP contribution in [0.4, 0.5) is 5.13 Å². The van der Waals surface area contributed by atoms with Gasteiger partial charge in [-0.15, -0.1) is 11.3 Å². The largest absolute Gasteiger partial charge is 0.342 e. The fraction of sp³-hybridized carbons (Fsp3) is 0.0526. The summed E-state index contributed by atoms with van der Waals surface area (Å²) in [5, 5.41) is 6.26. The third-order valence-electron chi connectivity index (χ3n) is 3.88. The number of benzene rings is 2. The van der Waals surface area contributed by atoms with Gasteiger partial charge in [0.2, 0.25) is 0 Å². The normalized spacial score (nSPS) is 10.8. The summed E-state index contributed by atoms with van der Waals surface area (Å²) in [6.07, 6.45) is 3.60. The summed E-state index contributed by atoms with van der Waals surface area (Å²) >= 11 is 1.41. The monoisotopic (exact) mass is 333 g/mol. The first-order chi connectivity index (χ1) is 11.8. The molecule has 0 bridgehead atoms. The number of nitrogens with zero attached hydrogens (tertiary/aromatic N) is 2. The highest BCUT2D eigenvalue weighted by Crippen LogP contribution is 2.24. The van der Waals surface area contributed by atoms with Gasteiger partial charge in [-0.2, -0.15) is 0 Å². The minimum Gasteiger partial charge on any atom is -0.342 e. The topological polar surface area (TPSA) is 46.9 Å². The standard InChI is InChI=1S/C19H15N3OS/c23-18(21-19-20-10-11-24-19)16-13-22(12-14-6-2-1-3-7-14)17-9-5-4-8-15(16)17/h1-11,13H,12H2,(H,20,21,23). The van der Waals surface area contributed by atoms with Crippen LogP contribution in [-0.2, 0) is 6.54 Å². The summed E-state index contributed by atoms with van der Waals surface area (Å²) < 4.78 is 2.11. The van der Waals surface area contributed by atoms with Crippen LogP contribution < -0.4 is 5.32 Å². The second-order valence-electron chi connectivity index (χ2n) is 5.46. The molecule has 2 aromatic heterocycles. The summed E-state index contributed by atoms with van der Waals surface area (Å²) in [5.41, 5.74) is 2.91. The van der Waals surface area contributed by atoms with Gasteiger partial charge < -0.3 is 4.57 Å². The Morgan fingerprint density at radius 3 is 2.67 bits per heavy atom. The van der Waals surface area contributed by atoms with Gasteiger partial charge in [-0.05, 0) is 11.6 Å². The molecule has 0 saturated carbocycles. The number of fused-ring (bicyclic) bond motifs is 1. The number of hydrogen-bond acceptors (Lipinski definition) is 3. The zero-order valence-corrected chi connectivity index (χ0v) is 13.7. The number of thiazole rings is 1. The van der Waals surface area contributed by atoms with Crippen molar-refractivity contribution in [1.29, 1.82) is 0 Å². The lowest BCUT2D eigenvalue weighted by atomic mass is 10.1. The molecule has 2 heterocycles. The quantitative estimate of drug-likeness (QED) is 0.602. The average molecular weight is 333 g/mol. The van der Waals surface area contributed by atoms with Gasteiger partial charge in [-0.1, -0.05) is 48.5 Å². The Bertz CT molecular complexity index is 974. The van der Waals surface area contributed by atoms with Crippen molar-refractivity contribution in [2.45, 2.75) is 6.54 Å². The van der Waals surface area contributed by atoms with Gasteiger partial charge in [0.15, 0.2) is 5.13 Å². The molecule has 0 radical (unpaired) electrons. The minimum absolute atomic E-state index is 0.132. The van der Waals surface area contributed by atoms with Crippen LogP contribution >= 0.6 is 11.3 Å². The van der Waals surface area contributed by atoms with Crippen molar-refractivity contribution in [1.82, 2.24) is 9.55 Å². The predicted octanol–water partition coefficient (Wildman–Crippen LogP) is 4.40. The lowest BCUT2D eigenvalue weighted by molar-refractivity contribution is 0.102. The Hall–Kier alpha value is -2.92. The summed E-state index contributed by atoms with van der Waals surface area (Å²) in [5.74, 6) is -0.132. The van der Waals surface area contributed by atoms with Crippen LogP contribution in [0.2, 0.25) is 0 Å². The van der Waals surface area contributed by atoms with E-state index in [1.54, 1.807) is 6.20 Å². The molecule has 0 unspecified atom stereocenters. The molecular weight excluding hydrogens is 318 g/mol. The van der Waals surface area contributed by atoms with E-state index in [1.165, 1.54) is 16.9 Å². The number of anilines is 1. The first-order valence-corrected chi connectivity index (χ1v) is 8.52. The number of carbonyl (C=O) groups excluding carboxylic acids is 1. The highest BCUT2D eigenvalue weighted by atomic mass is 32.1. The lowest BCUT2D eigenvalue weighted by Gasteiger charge is -2.05. The maximum atomic E-state index is 12.6. The van der Waals surface area contributed by atoms with E-state index >= 15 is 0 Å². The summed E-state index contributed by atoms with van der Waals surface area (Å²) in [4.78, 5) is 16.8. The van der Waals surface area contributed by atoms with Gasteiger partial charge in [-0.3, -0.25) is 10.1 Å².